The number of benzene rings is 1. The zero-order chi connectivity index (χ0) is 14.9. The first-order valence-electron chi connectivity index (χ1n) is 6.10. The number of carbonyl (C=O) groups excluding carboxylic acids is 1. The minimum Gasteiger partial charge on any atom is -0.385 e. The highest BCUT2D eigenvalue weighted by molar-refractivity contribution is 6.30. The first kappa shape index (κ1) is 15.2. The molecule has 110 valence electrons. The lowest BCUT2D eigenvalue weighted by Gasteiger charge is -2.26. The molecule has 0 spiro atoms. The van der Waals surface area contributed by atoms with Crippen molar-refractivity contribution in [2.75, 3.05) is 13.2 Å². The van der Waals surface area contributed by atoms with Gasteiger partial charge in [-0.25, -0.2) is 8.78 Å². The van der Waals surface area contributed by atoms with Crippen molar-refractivity contribution in [3.63, 3.8) is 0 Å². The summed E-state index contributed by atoms with van der Waals surface area (Å²) in [4.78, 5) is 11.8. The van der Waals surface area contributed by atoms with Crippen LogP contribution in [0.2, 0.25) is 5.02 Å². The molecule has 2 atom stereocenters. The van der Waals surface area contributed by atoms with E-state index in [9.17, 15) is 18.7 Å². The molecule has 7 heteroatoms. The van der Waals surface area contributed by atoms with Crippen molar-refractivity contribution in [1.29, 1.82) is 0 Å². The van der Waals surface area contributed by atoms with Gasteiger partial charge in [-0.1, -0.05) is 11.6 Å². The summed E-state index contributed by atoms with van der Waals surface area (Å²) in [6.07, 6.45) is -0.0686. The minimum atomic E-state index is -1.20. The van der Waals surface area contributed by atoms with Crippen LogP contribution in [0.1, 0.15) is 23.7 Å². The van der Waals surface area contributed by atoms with Gasteiger partial charge in [0.1, 0.15) is 17.2 Å². The molecule has 1 aliphatic heterocycles. The summed E-state index contributed by atoms with van der Waals surface area (Å²) in [5.74, 6) is -2.61. The summed E-state index contributed by atoms with van der Waals surface area (Å²) in [6, 6.07) is 1.47. The first-order valence-corrected chi connectivity index (χ1v) is 6.48. The Morgan fingerprint density at radius 1 is 1.55 bits per heavy atom. The van der Waals surface area contributed by atoms with E-state index < -0.39 is 39.8 Å². The van der Waals surface area contributed by atoms with Gasteiger partial charge in [-0.3, -0.25) is 4.79 Å². The zero-order valence-electron chi connectivity index (χ0n) is 10.8. The molecule has 1 amide bonds. The van der Waals surface area contributed by atoms with Gasteiger partial charge in [-0.15, -0.1) is 0 Å². The number of amides is 1. The molecular weight excluding hydrogens is 292 g/mol. The third-order valence-electron chi connectivity index (χ3n) is 3.47. The van der Waals surface area contributed by atoms with E-state index in [1.165, 1.54) is 0 Å². The highest BCUT2D eigenvalue weighted by Crippen LogP contribution is 2.25. The quantitative estimate of drug-likeness (QED) is 0.839. The second-order valence-electron chi connectivity index (χ2n) is 4.80. The Kier molecular flexibility index (Phi) is 4.27. The Morgan fingerprint density at radius 3 is 2.85 bits per heavy atom. The summed E-state index contributed by atoms with van der Waals surface area (Å²) in [7, 11) is 0. The normalized spacial score (nSPS) is 25.8. The van der Waals surface area contributed by atoms with E-state index in [-0.39, 0.29) is 6.54 Å². The van der Waals surface area contributed by atoms with Crippen LogP contribution in [0.3, 0.4) is 0 Å². The molecule has 0 bridgehead atoms. The minimum absolute atomic E-state index is 0.101. The molecule has 0 saturated carbocycles. The average molecular weight is 306 g/mol. The van der Waals surface area contributed by atoms with Gasteiger partial charge in [0, 0.05) is 19.6 Å². The predicted molar refractivity (Wildman–Crippen MR) is 68.7 cm³/mol. The van der Waals surface area contributed by atoms with Crippen molar-refractivity contribution in [2.45, 2.75) is 25.0 Å². The van der Waals surface area contributed by atoms with Crippen molar-refractivity contribution >= 4 is 17.5 Å². The second-order valence-corrected chi connectivity index (χ2v) is 5.20. The number of rotatable bonds is 3. The molecule has 4 nitrogen and oxygen atoms in total. The van der Waals surface area contributed by atoms with Crippen molar-refractivity contribution in [3.05, 3.63) is 34.4 Å². The molecule has 1 saturated heterocycles. The maximum absolute atomic E-state index is 13.6. The fourth-order valence-corrected chi connectivity index (χ4v) is 2.18. The number of aliphatic hydroxyl groups is 1. The molecule has 2 N–H and O–H groups in total. The lowest BCUT2D eigenvalue weighted by Crippen LogP contribution is -2.47. The SMILES string of the molecule is CC1OCCC1(O)CNC(=O)c1cc(F)c(Cl)cc1F. The number of hydrogen-bond acceptors (Lipinski definition) is 3. The molecular formula is C13H14ClF2NO3. The number of hydrogen-bond donors (Lipinski definition) is 2. The van der Waals surface area contributed by atoms with Crippen LogP contribution >= 0.6 is 11.6 Å². The standard InChI is InChI=1S/C13H14ClF2NO3/c1-7-13(19,2-3-20-7)6-17-12(18)8-4-11(16)9(14)5-10(8)15/h4-5,7,19H,2-3,6H2,1H3,(H,17,18). The van der Waals surface area contributed by atoms with Crippen LogP contribution in [-0.2, 0) is 4.74 Å². The number of ether oxygens (including phenoxy) is 1. The van der Waals surface area contributed by atoms with Crippen LogP contribution in [0.25, 0.3) is 0 Å². The Hall–Kier alpha value is -1.24. The lowest BCUT2D eigenvalue weighted by atomic mass is 9.96. The molecule has 1 aromatic carbocycles. The maximum atomic E-state index is 13.6. The Labute approximate surface area is 119 Å². The molecule has 1 aliphatic rings. The lowest BCUT2D eigenvalue weighted by molar-refractivity contribution is -0.0251. The van der Waals surface area contributed by atoms with Crippen LogP contribution < -0.4 is 5.32 Å². The molecule has 2 unspecified atom stereocenters. The fraction of sp³-hybridized carbons (Fsp3) is 0.462. The van der Waals surface area contributed by atoms with Gasteiger partial charge in [-0.05, 0) is 19.1 Å². The highest BCUT2D eigenvalue weighted by Gasteiger charge is 2.39. The van der Waals surface area contributed by atoms with Gasteiger partial charge < -0.3 is 15.2 Å². The average Bonchev–Trinajstić information content (AvgIpc) is 2.72. The molecule has 1 aromatic rings. The molecule has 0 aromatic heterocycles. The monoisotopic (exact) mass is 305 g/mol. The van der Waals surface area contributed by atoms with E-state index in [0.717, 1.165) is 12.1 Å². The van der Waals surface area contributed by atoms with E-state index in [1.54, 1.807) is 6.92 Å². The van der Waals surface area contributed by atoms with E-state index in [0.29, 0.717) is 13.0 Å². The third-order valence-corrected chi connectivity index (χ3v) is 3.76. The molecule has 1 heterocycles. The van der Waals surface area contributed by atoms with E-state index >= 15 is 0 Å². The van der Waals surface area contributed by atoms with Crippen LogP contribution in [0, 0.1) is 11.6 Å². The van der Waals surface area contributed by atoms with Crippen molar-refractivity contribution in [2.24, 2.45) is 0 Å². The Bertz CT molecular complexity index is 541. The zero-order valence-corrected chi connectivity index (χ0v) is 11.5. The van der Waals surface area contributed by atoms with E-state index in [2.05, 4.69) is 5.32 Å². The second kappa shape index (κ2) is 5.63. The topological polar surface area (TPSA) is 58.6 Å². The summed E-state index contributed by atoms with van der Waals surface area (Å²) in [5, 5.41) is 12.2. The Morgan fingerprint density at radius 2 is 2.25 bits per heavy atom. The van der Waals surface area contributed by atoms with Crippen LogP contribution in [0.15, 0.2) is 12.1 Å². The van der Waals surface area contributed by atoms with Gasteiger partial charge in [0.15, 0.2) is 0 Å². The van der Waals surface area contributed by atoms with Gasteiger partial charge in [0.05, 0.1) is 16.7 Å². The Balaban J connectivity index is 2.08. The van der Waals surface area contributed by atoms with Gasteiger partial charge in [0.25, 0.3) is 5.91 Å². The largest absolute Gasteiger partial charge is 0.385 e. The number of carbonyl (C=O) groups is 1. The van der Waals surface area contributed by atoms with Crippen LogP contribution in [0.5, 0.6) is 0 Å². The maximum Gasteiger partial charge on any atom is 0.254 e. The smallest absolute Gasteiger partial charge is 0.254 e. The fourth-order valence-electron chi connectivity index (χ4n) is 2.03. The number of halogens is 3. The van der Waals surface area contributed by atoms with Crippen molar-refractivity contribution in [3.8, 4) is 0 Å². The van der Waals surface area contributed by atoms with Crippen molar-refractivity contribution < 1.29 is 23.4 Å². The number of nitrogens with one attached hydrogen (secondary N) is 1. The van der Waals surface area contributed by atoms with E-state index in [4.69, 9.17) is 16.3 Å². The molecule has 20 heavy (non-hydrogen) atoms. The van der Waals surface area contributed by atoms with Crippen LogP contribution in [-0.4, -0.2) is 35.9 Å². The van der Waals surface area contributed by atoms with Gasteiger partial charge in [-0.2, -0.15) is 0 Å². The first-order chi connectivity index (χ1) is 9.33. The summed E-state index contributed by atoms with van der Waals surface area (Å²) < 4.78 is 32.0. The highest BCUT2D eigenvalue weighted by atomic mass is 35.5. The summed E-state index contributed by atoms with van der Waals surface area (Å²) in [5.41, 5.74) is -1.65. The molecule has 0 radical (unpaired) electrons. The van der Waals surface area contributed by atoms with Crippen molar-refractivity contribution in [1.82, 2.24) is 5.32 Å². The molecule has 1 fully saturated rings. The third kappa shape index (κ3) is 2.92. The van der Waals surface area contributed by atoms with Gasteiger partial charge in [0.2, 0.25) is 0 Å². The summed E-state index contributed by atoms with van der Waals surface area (Å²) >= 11 is 5.41. The summed E-state index contributed by atoms with van der Waals surface area (Å²) in [6.45, 7) is 1.97. The van der Waals surface area contributed by atoms with Crippen LogP contribution in [0.4, 0.5) is 8.78 Å². The predicted octanol–water partition coefficient (Wildman–Crippen LogP) is 1.89. The van der Waals surface area contributed by atoms with E-state index in [1.807, 2.05) is 0 Å². The molecule has 0 aliphatic carbocycles. The van der Waals surface area contributed by atoms with Gasteiger partial charge >= 0.3 is 0 Å². The molecule has 2 rings (SSSR count).